The largest absolute Gasteiger partial charge is 0.393 e. The van der Waals surface area contributed by atoms with Crippen LogP contribution in [0.4, 0.5) is 4.39 Å². The number of hydrogen-bond acceptors (Lipinski definition) is 2. The molecular formula is C13H18FNO. The van der Waals surface area contributed by atoms with Crippen LogP contribution in [0.15, 0.2) is 24.3 Å². The zero-order chi connectivity index (χ0) is 11.5. The van der Waals surface area contributed by atoms with Crippen molar-refractivity contribution in [2.24, 2.45) is 11.7 Å². The van der Waals surface area contributed by atoms with Crippen molar-refractivity contribution in [1.82, 2.24) is 0 Å². The second-order valence-corrected chi connectivity index (χ2v) is 4.62. The number of aliphatic hydroxyl groups excluding tert-OH is 1. The molecule has 0 amide bonds. The summed E-state index contributed by atoms with van der Waals surface area (Å²) >= 11 is 0. The van der Waals surface area contributed by atoms with Crippen molar-refractivity contribution in [2.45, 2.75) is 37.8 Å². The van der Waals surface area contributed by atoms with Gasteiger partial charge in [-0.05, 0) is 37.7 Å². The van der Waals surface area contributed by atoms with Gasteiger partial charge in [0.05, 0.1) is 6.10 Å². The zero-order valence-corrected chi connectivity index (χ0v) is 9.27. The third-order valence-corrected chi connectivity index (χ3v) is 3.51. The monoisotopic (exact) mass is 223 g/mol. The highest BCUT2D eigenvalue weighted by Gasteiger charge is 2.26. The molecule has 1 aromatic rings. The van der Waals surface area contributed by atoms with Crippen LogP contribution in [-0.2, 0) is 0 Å². The molecule has 0 heterocycles. The van der Waals surface area contributed by atoms with E-state index in [1.165, 1.54) is 6.07 Å². The van der Waals surface area contributed by atoms with Crippen LogP contribution >= 0.6 is 0 Å². The van der Waals surface area contributed by atoms with E-state index in [-0.39, 0.29) is 18.0 Å². The van der Waals surface area contributed by atoms with E-state index in [4.69, 9.17) is 5.73 Å². The Kier molecular flexibility index (Phi) is 3.56. The Morgan fingerprint density at radius 1 is 1.19 bits per heavy atom. The van der Waals surface area contributed by atoms with Crippen LogP contribution in [-0.4, -0.2) is 11.2 Å². The number of rotatable bonds is 2. The van der Waals surface area contributed by atoms with Gasteiger partial charge in [0.25, 0.3) is 0 Å². The van der Waals surface area contributed by atoms with Crippen LogP contribution in [0.1, 0.15) is 37.3 Å². The first kappa shape index (κ1) is 11.6. The predicted octanol–water partition coefficient (Wildman–Crippen LogP) is 2.38. The summed E-state index contributed by atoms with van der Waals surface area (Å²) in [6.07, 6.45) is 3.15. The SMILES string of the molecule is NC(c1ccccc1F)C1CCC(O)CC1. The molecule has 2 rings (SSSR count). The zero-order valence-electron chi connectivity index (χ0n) is 9.27. The van der Waals surface area contributed by atoms with E-state index in [1.807, 2.05) is 6.07 Å². The Hall–Kier alpha value is -0.930. The summed E-state index contributed by atoms with van der Waals surface area (Å²) in [5, 5.41) is 9.42. The van der Waals surface area contributed by atoms with Crippen LogP contribution in [0.25, 0.3) is 0 Å². The maximum absolute atomic E-state index is 13.5. The quantitative estimate of drug-likeness (QED) is 0.808. The van der Waals surface area contributed by atoms with Crippen LogP contribution in [0.3, 0.4) is 0 Å². The van der Waals surface area contributed by atoms with Gasteiger partial charge in [0.1, 0.15) is 5.82 Å². The highest BCUT2D eigenvalue weighted by molar-refractivity contribution is 5.21. The van der Waals surface area contributed by atoms with Crippen LogP contribution in [0.5, 0.6) is 0 Å². The molecule has 0 saturated heterocycles. The molecule has 1 aliphatic carbocycles. The minimum atomic E-state index is -0.242. The molecule has 3 N–H and O–H groups in total. The van der Waals surface area contributed by atoms with Crippen molar-refractivity contribution < 1.29 is 9.50 Å². The molecule has 1 aliphatic rings. The third-order valence-electron chi connectivity index (χ3n) is 3.51. The van der Waals surface area contributed by atoms with E-state index in [1.54, 1.807) is 12.1 Å². The summed E-state index contributed by atoms with van der Waals surface area (Å²) < 4.78 is 13.5. The maximum Gasteiger partial charge on any atom is 0.127 e. The van der Waals surface area contributed by atoms with Gasteiger partial charge in [0, 0.05) is 11.6 Å². The van der Waals surface area contributed by atoms with E-state index in [0.29, 0.717) is 11.5 Å². The molecule has 1 fully saturated rings. The summed E-state index contributed by atoms with van der Waals surface area (Å²) in [5.41, 5.74) is 6.70. The van der Waals surface area contributed by atoms with Gasteiger partial charge in [-0.3, -0.25) is 0 Å². The van der Waals surface area contributed by atoms with Crippen molar-refractivity contribution in [3.63, 3.8) is 0 Å². The first-order valence-corrected chi connectivity index (χ1v) is 5.86. The van der Waals surface area contributed by atoms with Crippen LogP contribution in [0, 0.1) is 11.7 Å². The molecule has 1 saturated carbocycles. The molecule has 88 valence electrons. The number of aliphatic hydroxyl groups is 1. The van der Waals surface area contributed by atoms with Gasteiger partial charge in [0.2, 0.25) is 0 Å². The van der Waals surface area contributed by atoms with E-state index in [0.717, 1.165) is 25.7 Å². The Labute approximate surface area is 95.3 Å². The van der Waals surface area contributed by atoms with Crippen LogP contribution in [0.2, 0.25) is 0 Å². The fraction of sp³-hybridized carbons (Fsp3) is 0.538. The van der Waals surface area contributed by atoms with E-state index in [2.05, 4.69) is 0 Å². The molecule has 1 atom stereocenters. The van der Waals surface area contributed by atoms with Crippen molar-refractivity contribution in [1.29, 1.82) is 0 Å². The molecule has 0 aliphatic heterocycles. The van der Waals surface area contributed by atoms with E-state index >= 15 is 0 Å². The average Bonchev–Trinajstić information content (AvgIpc) is 2.30. The van der Waals surface area contributed by atoms with Crippen molar-refractivity contribution in [3.05, 3.63) is 35.6 Å². The summed E-state index contributed by atoms with van der Waals surface area (Å²) in [4.78, 5) is 0. The fourth-order valence-electron chi connectivity index (χ4n) is 2.46. The molecule has 1 unspecified atom stereocenters. The van der Waals surface area contributed by atoms with Crippen molar-refractivity contribution in [2.75, 3.05) is 0 Å². The second kappa shape index (κ2) is 4.93. The van der Waals surface area contributed by atoms with Crippen molar-refractivity contribution >= 4 is 0 Å². The Morgan fingerprint density at radius 3 is 2.44 bits per heavy atom. The number of halogens is 1. The molecule has 2 nitrogen and oxygen atoms in total. The Balaban J connectivity index is 2.07. The standard InChI is InChI=1S/C13H18FNO/c14-12-4-2-1-3-11(12)13(15)9-5-7-10(16)8-6-9/h1-4,9-10,13,16H,5-8,15H2. The fourth-order valence-corrected chi connectivity index (χ4v) is 2.46. The van der Waals surface area contributed by atoms with Gasteiger partial charge in [0.15, 0.2) is 0 Å². The van der Waals surface area contributed by atoms with Gasteiger partial charge < -0.3 is 10.8 Å². The lowest BCUT2D eigenvalue weighted by Crippen LogP contribution is -2.28. The summed E-state index contributed by atoms with van der Waals surface area (Å²) in [7, 11) is 0. The number of benzene rings is 1. The van der Waals surface area contributed by atoms with Gasteiger partial charge in [-0.1, -0.05) is 18.2 Å². The summed E-state index contributed by atoms with van der Waals surface area (Å²) in [6.45, 7) is 0. The average molecular weight is 223 g/mol. The summed E-state index contributed by atoms with van der Waals surface area (Å²) in [5.74, 6) is 0.0708. The first-order chi connectivity index (χ1) is 7.68. The van der Waals surface area contributed by atoms with Gasteiger partial charge in [-0.2, -0.15) is 0 Å². The smallest absolute Gasteiger partial charge is 0.127 e. The third kappa shape index (κ3) is 2.42. The molecule has 1 aromatic carbocycles. The topological polar surface area (TPSA) is 46.2 Å². The molecule has 0 radical (unpaired) electrons. The maximum atomic E-state index is 13.5. The van der Waals surface area contributed by atoms with Gasteiger partial charge >= 0.3 is 0 Å². The first-order valence-electron chi connectivity index (χ1n) is 5.86. The lowest BCUT2D eigenvalue weighted by molar-refractivity contribution is 0.101. The molecule has 3 heteroatoms. The highest BCUT2D eigenvalue weighted by atomic mass is 19.1. The van der Waals surface area contributed by atoms with E-state index < -0.39 is 0 Å². The molecule has 0 spiro atoms. The number of nitrogens with two attached hydrogens (primary N) is 1. The number of hydrogen-bond donors (Lipinski definition) is 2. The molecule has 16 heavy (non-hydrogen) atoms. The normalized spacial score (nSPS) is 27.7. The lowest BCUT2D eigenvalue weighted by atomic mass is 9.80. The molecule has 0 aromatic heterocycles. The van der Waals surface area contributed by atoms with E-state index in [9.17, 15) is 9.50 Å². The predicted molar refractivity (Wildman–Crippen MR) is 61.3 cm³/mol. The Bertz CT molecular complexity index is 348. The minimum absolute atomic E-state index is 0.191. The van der Waals surface area contributed by atoms with Gasteiger partial charge in [-0.15, -0.1) is 0 Å². The van der Waals surface area contributed by atoms with Crippen LogP contribution < -0.4 is 5.73 Å². The second-order valence-electron chi connectivity index (χ2n) is 4.62. The Morgan fingerprint density at radius 2 is 1.81 bits per heavy atom. The molecular weight excluding hydrogens is 205 g/mol. The highest BCUT2D eigenvalue weighted by Crippen LogP contribution is 2.33. The van der Waals surface area contributed by atoms with Gasteiger partial charge in [-0.25, -0.2) is 4.39 Å². The summed E-state index contributed by atoms with van der Waals surface area (Å²) in [6, 6.07) is 6.46. The minimum Gasteiger partial charge on any atom is -0.393 e. The lowest BCUT2D eigenvalue weighted by Gasteiger charge is -2.30. The van der Waals surface area contributed by atoms with Crippen molar-refractivity contribution in [3.8, 4) is 0 Å². The molecule has 0 bridgehead atoms.